The van der Waals surface area contributed by atoms with Crippen molar-refractivity contribution in [2.75, 3.05) is 0 Å². The molecule has 1 heterocycles. The van der Waals surface area contributed by atoms with Gasteiger partial charge in [-0.15, -0.1) is 0 Å². The lowest BCUT2D eigenvalue weighted by Crippen LogP contribution is -2.07. The number of aryl methyl sites for hydroxylation is 1. The molecule has 17 heavy (non-hydrogen) atoms. The number of carbonyl (C=O) groups excluding carboxylic acids is 1. The fourth-order valence-electron chi connectivity index (χ4n) is 1.74. The Morgan fingerprint density at radius 2 is 2.12 bits per heavy atom. The number of hydrogen-bond acceptors (Lipinski definition) is 3. The van der Waals surface area contributed by atoms with E-state index < -0.39 is 0 Å². The molecule has 2 rings (SSSR count). The molecule has 0 saturated heterocycles. The quantitative estimate of drug-likeness (QED) is 0.802. The van der Waals surface area contributed by atoms with Gasteiger partial charge < -0.3 is 0 Å². The molecule has 0 aliphatic carbocycles. The molecule has 2 aromatic rings. The fraction of sp³-hybridized carbons (Fsp3) is 0.214. The summed E-state index contributed by atoms with van der Waals surface area (Å²) in [6.45, 7) is 2.03. The van der Waals surface area contributed by atoms with Gasteiger partial charge in [0.1, 0.15) is 12.1 Å². The second-order valence-electron chi connectivity index (χ2n) is 4.08. The number of carbonyl (C=O) groups is 1. The van der Waals surface area contributed by atoms with E-state index in [9.17, 15) is 4.79 Å². The molecule has 0 bridgehead atoms. The van der Waals surface area contributed by atoms with Crippen molar-refractivity contribution in [2.24, 2.45) is 0 Å². The summed E-state index contributed by atoms with van der Waals surface area (Å²) in [5, 5.41) is 0. The van der Waals surface area contributed by atoms with Gasteiger partial charge in [0.2, 0.25) is 0 Å². The van der Waals surface area contributed by atoms with Gasteiger partial charge in [0.25, 0.3) is 0 Å². The molecule has 0 unspecified atom stereocenters. The van der Waals surface area contributed by atoms with Gasteiger partial charge in [0, 0.05) is 19.0 Å². The van der Waals surface area contributed by atoms with E-state index in [4.69, 9.17) is 0 Å². The molecule has 3 heteroatoms. The van der Waals surface area contributed by atoms with Crippen molar-refractivity contribution in [3.05, 3.63) is 59.7 Å². The largest absolute Gasteiger partial charge is 0.299 e. The zero-order chi connectivity index (χ0) is 12.1. The lowest BCUT2D eigenvalue weighted by atomic mass is 10.0. The van der Waals surface area contributed by atoms with Crippen molar-refractivity contribution in [2.45, 2.75) is 19.8 Å². The van der Waals surface area contributed by atoms with Crippen LogP contribution in [0.1, 0.15) is 16.8 Å². The summed E-state index contributed by atoms with van der Waals surface area (Å²) < 4.78 is 0. The van der Waals surface area contributed by atoms with Gasteiger partial charge >= 0.3 is 0 Å². The van der Waals surface area contributed by atoms with E-state index in [0.29, 0.717) is 12.8 Å². The smallest absolute Gasteiger partial charge is 0.143 e. The van der Waals surface area contributed by atoms with Crippen molar-refractivity contribution in [1.29, 1.82) is 0 Å². The first kappa shape index (κ1) is 11.5. The topological polar surface area (TPSA) is 42.9 Å². The van der Waals surface area contributed by atoms with E-state index >= 15 is 0 Å². The number of Topliss-reactive ketones (excluding diaryl/α,β-unsaturated/α-hetero) is 1. The Labute approximate surface area is 101 Å². The summed E-state index contributed by atoms with van der Waals surface area (Å²) in [5.41, 5.74) is 3.01. The van der Waals surface area contributed by atoms with Crippen molar-refractivity contribution in [3.8, 4) is 0 Å². The van der Waals surface area contributed by atoms with Crippen LogP contribution in [0.3, 0.4) is 0 Å². The highest BCUT2D eigenvalue weighted by molar-refractivity contribution is 5.82. The first-order valence-corrected chi connectivity index (χ1v) is 5.56. The second kappa shape index (κ2) is 5.34. The molecule has 1 aromatic carbocycles. The zero-order valence-electron chi connectivity index (χ0n) is 9.76. The Hall–Kier alpha value is -2.03. The van der Waals surface area contributed by atoms with E-state index in [2.05, 4.69) is 9.97 Å². The molecule has 0 spiro atoms. The van der Waals surface area contributed by atoms with E-state index in [0.717, 1.165) is 11.3 Å². The third-order valence-electron chi connectivity index (χ3n) is 2.51. The van der Waals surface area contributed by atoms with Crippen LogP contribution in [0.4, 0.5) is 0 Å². The van der Waals surface area contributed by atoms with E-state index in [1.54, 1.807) is 12.3 Å². The fourth-order valence-corrected chi connectivity index (χ4v) is 1.74. The highest BCUT2D eigenvalue weighted by Gasteiger charge is 2.06. The summed E-state index contributed by atoms with van der Waals surface area (Å²) in [6, 6.07) is 9.79. The molecule has 3 nitrogen and oxygen atoms in total. The Morgan fingerprint density at radius 3 is 2.82 bits per heavy atom. The van der Waals surface area contributed by atoms with Crippen molar-refractivity contribution < 1.29 is 4.79 Å². The van der Waals surface area contributed by atoms with Gasteiger partial charge in [-0.25, -0.2) is 9.97 Å². The first-order chi connectivity index (χ1) is 8.24. The average Bonchev–Trinajstić information content (AvgIpc) is 2.30. The normalized spacial score (nSPS) is 10.2. The number of rotatable bonds is 4. The maximum Gasteiger partial charge on any atom is 0.143 e. The monoisotopic (exact) mass is 226 g/mol. The summed E-state index contributed by atoms with van der Waals surface area (Å²) in [6.07, 6.45) is 3.96. The summed E-state index contributed by atoms with van der Waals surface area (Å²) in [7, 11) is 0. The maximum atomic E-state index is 11.8. The lowest BCUT2D eigenvalue weighted by Gasteiger charge is -2.02. The number of ketones is 1. The molecule has 0 N–H and O–H groups in total. The van der Waals surface area contributed by atoms with E-state index in [1.807, 2.05) is 31.2 Å². The van der Waals surface area contributed by atoms with Crippen LogP contribution in [-0.4, -0.2) is 15.8 Å². The Balaban J connectivity index is 1.98. The third-order valence-corrected chi connectivity index (χ3v) is 2.51. The van der Waals surface area contributed by atoms with Crippen molar-refractivity contribution in [3.63, 3.8) is 0 Å². The summed E-state index contributed by atoms with van der Waals surface area (Å²) in [5.74, 6) is 0.175. The summed E-state index contributed by atoms with van der Waals surface area (Å²) in [4.78, 5) is 19.7. The summed E-state index contributed by atoms with van der Waals surface area (Å²) >= 11 is 0. The predicted octanol–water partition coefficient (Wildman–Crippen LogP) is 2.14. The first-order valence-electron chi connectivity index (χ1n) is 5.56. The van der Waals surface area contributed by atoms with Crippen molar-refractivity contribution >= 4 is 5.78 Å². The number of benzene rings is 1. The van der Waals surface area contributed by atoms with E-state index in [1.165, 1.54) is 11.9 Å². The zero-order valence-corrected chi connectivity index (χ0v) is 9.76. The maximum absolute atomic E-state index is 11.8. The molecule has 0 fully saturated rings. The minimum Gasteiger partial charge on any atom is -0.299 e. The molecule has 0 amide bonds. The molecule has 1 aromatic heterocycles. The van der Waals surface area contributed by atoms with Crippen LogP contribution in [0, 0.1) is 6.92 Å². The SMILES string of the molecule is Cc1cccc(CC(=O)Cc2ccncn2)c1. The van der Waals surface area contributed by atoms with Crippen LogP contribution < -0.4 is 0 Å². The van der Waals surface area contributed by atoms with Crippen LogP contribution in [0.2, 0.25) is 0 Å². The van der Waals surface area contributed by atoms with Crippen LogP contribution in [0.5, 0.6) is 0 Å². The molecular weight excluding hydrogens is 212 g/mol. The van der Waals surface area contributed by atoms with Crippen molar-refractivity contribution in [1.82, 2.24) is 9.97 Å². The van der Waals surface area contributed by atoms with Gasteiger partial charge in [-0.1, -0.05) is 29.8 Å². The van der Waals surface area contributed by atoms with Crippen LogP contribution in [0.15, 0.2) is 42.9 Å². The van der Waals surface area contributed by atoms with Gasteiger partial charge in [0.15, 0.2) is 0 Å². The lowest BCUT2D eigenvalue weighted by molar-refractivity contribution is -0.117. The average molecular weight is 226 g/mol. The molecule has 0 aliphatic heterocycles. The van der Waals surface area contributed by atoms with E-state index in [-0.39, 0.29) is 5.78 Å². The van der Waals surface area contributed by atoms with Crippen LogP contribution in [0.25, 0.3) is 0 Å². The molecule has 0 saturated carbocycles. The van der Waals surface area contributed by atoms with Crippen LogP contribution >= 0.6 is 0 Å². The third kappa shape index (κ3) is 3.48. The van der Waals surface area contributed by atoms with Gasteiger partial charge in [-0.3, -0.25) is 4.79 Å². The Bertz CT molecular complexity index is 509. The highest BCUT2D eigenvalue weighted by atomic mass is 16.1. The van der Waals surface area contributed by atoms with Gasteiger partial charge in [0.05, 0.1) is 5.69 Å². The second-order valence-corrected chi connectivity index (χ2v) is 4.08. The minimum atomic E-state index is 0.175. The standard InChI is InChI=1S/C14H14N2O/c1-11-3-2-4-12(7-11)8-14(17)9-13-5-6-15-10-16-13/h2-7,10H,8-9H2,1H3. The predicted molar refractivity (Wildman–Crippen MR) is 65.6 cm³/mol. The minimum absolute atomic E-state index is 0.175. The Morgan fingerprint density at radius 1 is 1.24 bits per heavy atom. The highest BCUT2D eigenvalue weighted by Crippen LogP contribution is 2.06. The van der Waals surface area contributed by atoms with Crippen LogP contribution in [-0.2, 0) is 17.6 Å². The number of hydrogen-bond donors (Lipinski definition) is 0. The number of nitrogens with zero attached hydrogens (tertiary/aromatic N) is 2. The van der Waals surface area contributed by atoms with Gasteiger partial charge in [-0.2, -0.15) is 0 Å². The molecule has 86 valence electrons. The molecule has 0 radical (unpaired) electrons. The Kier molecular flexibility index (Phi) is 3.60. The number of aromatic nitrogens is 2. The molecular formula is C14H14N2O. The molecule has 0 atom stereocenters. The van der Waals surface area contributed by atoms with Gasteiger partial charge in [-0.05, 0) is 18.6 Å². The molecule has 0 aliphatic rings.